The van der Waals surface area contributed by atoms with Crippen molar-refractivity contribution in [3.8, 4) is 0 Å². The SMILES string of the molecule is CC=CCCCCCCCCO. The summed E-state index contributed by atoms with van der Waals surface area (Å²) in [4.78, 5) is 0. The van der Waals surface area contributed by atoms with Crippen LogP contribution >= 0.6 is 0 Å². The van der Waals surface area contributed by atoms with Crippen molar-refractivity contribution < 1.29 is 5.11 Å². The summed E-state index contributed by atoms with van der Waals surface area (Å²) >= 11 is 0. The molecule has 0 aliphatic carbocycles. The van der Waals surface area contributed by atoms with Gasteiger partial charge in [0.25, 0.3) is 0 Å². The number of hydrogen-bond donors (Lipinski definition) is 1. The summed E-state index contributed by atoms with van der Waals surface area (Å²) < 4.78 is 0. The maximum atomic E-state index is 8.53. The summed E-state index contributed by atoms with van der Waals surface area (Å²) in [6, 6.07) is 0. The highest BCUT2D eigenvalue weighted by atomic mass is 16.2. The van der Waals surface area contributed by atoms with Crippen LogP contribution in [-0.4, -0.2) is 11.7 Å². The standard InChI is InChI=1S/C11H22O/c1-2-3-4-5-6-7-8-9-10-11-12/h2-3,12H,4-11H2,1H3. The van der Waals surface area contributed by atoms with Gasteiger partial charge in [0.1, 0.15) is 0 Å². The van der Waals surface area contributed by atoms with Gasteiger partial charge in [-0.3, -0.25) is 0 Å². The van der Waals surface area contributed by atoms with E-state index in [0.29, 0.717) is 6.61 Å². The van der Waals surface area contributed by atoms with Crippen molar-refractivity contribution in [1.29, 1.82) is 0 Å². The van der Waals surface area contributed by atoms with E-state index in [9.17, 15) is 0 Å². The summed E-state index contributed by atoms with van der Waals surface area (Å²) in [6.45, 7) is 2.43. The average Bonchev–Trinajstić information content (AvgIpc) is 2.10. The van der Waals surface area contributed by atoms with Crippen molar-refractivity contribution in [3.05, 3.63) is 12.2 Å². The number of aliphatic hydroxyl groups is 1. The molecule has 0 aromatic rings. The van der Waals surface area contributed by atoms with Crippen LogP contribution < -0.4 is 0 Å². The minimum Gasteiger partial charge on any atom is -0.396 e. The van der Waals surface area contributed by atoms with Crippen LogP contribution in [0.5, 0.6) is 0 Å². The molecule has 0 atom stereocenters. The molecule has 0 aromatic heterocycles. The third-order valence-electron chi connectivity index (χ3n) is 2.01. The van der Waals surface area contributed by atoms with Gasteiger partial charge in [-0.05, 0) is 26.2 Å². The van der Waals surface area contributed by atoms with Crippen LogP contribution in [0, 0.1) is 0 Å². The highest BCUT2D eigenvalue weighted by Crippen LogP contribution is 2.06. The largest absolute Gasteiger partial charge is 0.396 e. The molecule has 1 nitrogen and oxygen atoms in total. The molecule has 0 unspecified atom stereocenters. The molecule has 0 radical (unpaired) electrons. The quantitative estimate of drug-likeness (QED) is 0.438. The molecule has 0 aliphatic rings. The number of unbranched alkanes of at least 4 members (excludes halogenated alkanes) is 6. The Morgan fingerprint density at radius 3 is 2.08 bits per heavy atom. The maximum Gasteiger partial charge on any atom is 0.0431 e. The highest BCUT2D eigenvalue weighted by Gasteiger charge is 1.88. The normalized spacial score (nSPS) is 11.2. The van der Waals surface area contributed by atoms with Crippen LogP contribution in [0.25, 0.3) is 0 Å². The molecule has 0 aromatic carbocycles. The highest BCUT2D eigenvalue weighted by molar-refractivity contribution is 4.76. The van der Waals surface area contributed by atoms with Crippen LogP contribution in [0.1, 0.15) is 51.9 Å². The van der Waals surface area contributed by atoms with E-state index in [1.165, 1.54) is 38.5 Å². The van der Waals surface area contributed by atoms with Gasteiger partial charge < -0.3 is 5.11 Å². The van der Waals surface area contributed by atoms with E-state index < -0.39 is 0 Å². The first-order valence-electron chi connectivity index (χ1n) is 5.14. The number of hydrogen-bond acceptors (Lipinski definition) is 1. The number of allylic oxidation sites excluding steroid dienone is 2. The van der Waals surface area contributed by atoms with Crippen molar-refractivity contribution in [1.82, 2.24) is 0 Å². The smallest absolute Gasteiger partial charge is 0.0431 e. The molecule has 1 heteroatoms. The summed E-state index contributed by atoms with van der Waals surface area (Å²) in [7, 11) is 0. The van der Waals surface area contributed by atoms with Crippen LogP contribution in [0.15, 0.2) is 12.2 Å². The van der Waals surface area contributed by atoms with E-state index in [-0.39, 0.29) is 0 Å². The van der Waals surface area contributed by atoms with Crippen molar-refractivity contribution >= 4 is 0 Å². The lowest BCUT2D eigenvalue weighted by Crippen LogP contribution is -1.83. The van der Waals surface area contributed by atoms with E-state index in [4.69, 9.17) is 5.11 Å². The number of rotatable bonds is 8. The Bertz CT molecular complexity index is 97.2. The molecule has 0 aliphatic heterocycles. The zero-order valence-corrected chi connectivity index (χ0v) is 8.26. The topological polar surface area (TPSA) is 20.2 Å². The fourth-order valence-electron chi connectivity index (χ4n) is 1.25. The summed E-state index contributed by atoms with van der Waals surface area (Å²) in [5.74, 6) is 0. The van der Waals surface area contributed by atoms with Gasteiger partial charge in [-0.2, -0.15) is 0 Å². The molecule has 0 heterocycles. The van der Waals surface area contributed by atoms with Gasteiger partial charge in [-0.15, -0.1) is 0 Å². The Hall–Kier alpha value is -0.300. The Morgan fingerprint density at radius 2 is 1.50 bits per heavy atom. The summed E-state index contributed by atoms with van der Waals surface area (Å²) in [6.07, 6.45) is 13.0. The van der Waals surface area contributed by atoms with Gasteiger partial charge in [-0.25, -0.2) is 0 Å². The zero-order valence-electron chi connectivity index (χ0n) is 8.26. The van der Waals surface area contributed by atoms with Crippen molar-refractivity contribution in [2.24, 2.45) is 0 Å². The van der Waals surface area contributed by atoms with E-state index in [1.54, 1.807) is 0 Å². The molecule has 12 heavy (non-hydrogen) atoms. The molecule has 0 fully saturated rings. The molecule has 0 rings (SSSR count). The second-order valence-electron chi connectivity index (χ2n) is 3.20. The van der Waals surface area contributed by atoms with Gasteiger partial charge in [0.2, 0.25) is 0 Å². The van der Waals surface area contributed by atoms with Gasteiger partial charge in [0.05, 0.1) is 0 Å². The van der Waals surface area contributed by atoms with Crippen LogP contribution in [-0.2, 0) is 0 Å². The van der Waals surface area contributed by atoms with Crippen molar-refractivity contribution in [3.63, 3.8) is 0 Å². The average molecular weight is 170 g/mol. The van der Waals surface area contributed by atoms with Crippen LogP contribution in [0.3, 0.4) is 0 Å². The monoisotopic (exact) mass is 170 g/mol. The van der Waals surface area contributed by atoms with Gasteiger partial charge in [-0.1, -0.05) is 37.8 Å². The van der Waals surface area contributed by atoms with Crippen molar-refractivity contribution in [2.45, 2.75) is 51.9 Å². The van der Waals surface area contributed by atoms with Gasteiger partial charge in [0.15, 0.2) is 0 Å². The van der Waals surface area contributed by atoms with E-state index in [0.717, 1.165) is 6.42 Å². The second-order valence-corrected chi connectivity index (χ2v) is 3.20. The fraction of sp³-hybridized carbons (Fsp3) is 0.818. The predicted molar refractivity (Wildman–Crippen MR) is 54.2 cm³/mol. The Morgan fingerprint density at radius 1 is 0.917 bits per heavy atom. The summed E-state index contributed by atoms with van der Waals surface area (Å²) in [5.41, 5.74) is 0. The molecule has 0 bridgehead atoms. The Kier molecular flexibility index (Phi) is 10.4. The Labute approximate surface area is 76.5 Å². The van der Waals surface area contributed by atoms with Gasteiger partial charge >= 0.3 is 0 Å². The van der Waals surface area contributed by atoms with E-state index >= 15 is 0 Å². The minimum atomic E-state index is 0.360. The van der Waals surface area contributed by atoms with Crippen LogP contribution in [0.4, 0.5) is 0 Å². The molecule has 0 saturated heterocycles. The molecule has 72 valence electrons. The first-order valence-corrected chi connectivity index (χ1v) is 5.14. The lowest BCUT2D eigenvalue weighted by Gasteiger charge is -1.98. The zero-order chi connectivity index (χ0) is 9.07. The minimum absolute atomic E-state index is 0.360. The number of aliphatic hydroxyl groups excluding tert-OH is 1. The second kappa shape index (κ2) is 10.7. The van der Waals surface area contributed by atoms with E-state index in [2.05, 4.69) is 19.1 Å². The third kappa shape index (κ3) is 9.70. The Balaban J connectivity index is 2.81. The maximum absolute atomic E-state index is 8.53. The molecule has 1 N–H and O–H groups in total. The molecule has 0 saturated carbocycles. The van der Waals surface area contributed by atoms with Crippen LogP contribution in [0.2, 0.25) is 0 Å². The first-order chi connectivity index (χ1) is 5.91. The van der Waals surface area contributed by atoms with Gasteiger partial charge in [0, 0.05) is 6.61 Å². The first kappa shape index (κ1) is 11.7. The molecule has 0 spiro atoms. The summed E-state index contributed by atoms with van der Waals surface area (Å²) in [5, 5.41) is 8.53. The van der Waals surface area contributed by atoms with E-state index in [1.807, 2.05) is 0 Å². The lowest BCUT2D eigenvalue weighted by molar-refractivity contribution is 0.282. The fourth-order valence-corrected chi connectivity index (χ4v) is 1.25. The van der Waals surface area contributed by atoms with Crippen molar-refractivity contribution in [2.75, 3.05) is 6.61 Å². The molecular weight excluding hydrogens is 148 g/mol. The lowest BCUT2D eigenvalue weighted by atomic mass is 10.1. The predicted octanol–water partition coefficient (Wildman–Crippen LogP) is 3.29. The molecule has 0 amide bonds. The molecular formula is C11H22O. The third-order valence-corrected chi connectivity index (χ3v) is 2.01.